The molecular weight excluding hydrogens is 448 g/mol. The quantitative estimate of drug-likeness (QED) is 0.369. The summed E-state index contributed by atoms with van der Waals surface area (Å²) in [5.74, 6) is 1.30. The van der Waals surface area contributed by atoms with Crippen LogP contribution < -0.4 is 10.1 Å². The summed E-state index contributed by atoms with van der Waals surface area (Å²) in [4.78, 5) is 18.0. The molecule has 27 heavy (non-hydrogen) atoms. The van der Waals surface area contributed by atoms with Crippen molar-refractivity contribution in [2.24, 2.45) is 0 Å². The van der Waals surface area contributed by atoms with Gasteiger partial charge in [-0.05, 0) is 52.3 Å². The van der Waals surface area contributed by atoms with E-state index in [4.69, 9.17) is 16.0 Å². The van der Waals surface area contributed by atoms with Crippen LogP contribution in [0, 0.1) is 0 Å². The van der Waals surface area contributed by atoms with Gasteiger partial charge in [-0.25, -0.2) is 9.38 Å². The first-order chi connectivity index (χ1) is 13.1. The number of aromatic nitrogens is 2. The molecule has 132 valence electrons. The van der Waals surface area contributed by atoms with Crippen molar-refractivity contribution in [1.82, 2.24) is 9.38 Å². The van der Waals surface area contributed by atoms with Crippen LogP contribution in [0.5, 0.6) is 0 Å². The zero-order valence-electron chi connectivity index (χ0n) is 13.6. The van der Waals surface area contributed by atoms with E-state index in [-0.39, 0.29) is 5.56 Å². The van der Waals surface area contributed by atoms with E-state index >= 15 is 0 Å². The van der Waals surface area contributed by atoms with Crippen LogP contribution in [0.25, 0.3) is 33.4 Å². The summed E-state index contributed by atoms with van der Waals surface area (Å²) in [6.45, 7) is 0. The highest BCUT2D eigenvalue weighted by molar-refractivity contribution is 9.10. The lowest BCUT2D eigenvalue weighted by atomic mass is 10.2. The molecule has 0 fully saturated rings. The van der Waals surface area contributed by atoms with Crippen molar-refractivity contribution in [3.8, 4) is 11.3 Å². The van der Waals surface area contributed by atoms with Crippen LogP contribution in [0.2, 0.25) is 5.02 Å². The summed E-state index contributed by atoms with van der Waals surface area (Å²) in [6.07, 6.45) is 1.75. The topological polar surface area (TPSA) is 47.5 Å². The first kappa shape index (κ1) is 16.7. The Morgan fingerprint density at radius 2 is 2.00 bits per heavy atom. The maximum absolute atomic E-state index is 12.8. The van der Waals surface area contributed by atoms with Crippen LogP contribution in [0.1, 0.15) is 5.76 Å². The first-order valence-electron chi connectivity index (χ1n) is 8.07. The van der Waals surface area contributed by atoms with Gasteiger partial charge >= 0.3 is 0 Å². The second kappa shape index (κ2) is 6.34. The third-order valence-corrected chi connectivity index (χ3v) is 6.45. The maximum atomic E-state index is 12.8. The van der Waals surface area contributed by atoms with Gasteiger partial charge in [-0.15, -0.1) is 0 Å². The average molecular weight is 458 g/mol. The molecule has 0 bridgehead atoms. The highest BCUT2D eigenvalue weighted by Gasteiger charge is 2.11. The molecule has 3 heterocycles. The van der Waals surface area contributed by atoms with E-state index < -0.39 is 0 Å². The Morgan fingerprint density at radius 3 is 2.85 bits per heavy atom. The summed E-state index contributed by atoms with van der Waals surface area (Å²) < 4.78 is 8.95. The maximum Gasteiger partial charge on any atom is 0.275 e. The number of halogens is 2. The number of fused-ring (bicyclic) bond motifs is 3. The van der Waals surface area contributed by atoms with Crippen molar-refractivity contribution >= 4 is 60.9 Å². The Morgan fingerprint density at radius 1 is 1.15 bits per heavy atom. The lowest BCUT2D eigenvalue weighted by Crippen LogP contribution is -2.22. The van der Waals surface area contributed by atoms with Gasteiger partial charge in [0.1, 0.15) is 16.1 Å². The fraction of sp³-hybridized carbons (Fsp3) is 0. The minimum absolute atomic E-state index is 0.0895. The Labute approximate surface area is 170 Å². The molecule has 2 aromatic carbocycles. The molecule has 4 nitrogen and oxygen atoms in total. The SMILES string of the molecule is O=c1c(=Cc2ccc(-c3ccc(Br)c(Cl)c3)o2)sc2nc3ccccc3n12. The lowest BCUT2D eigenvalue weighted by Gasteiger charge is -1.99. The predicted octanol–water partition coefficient (Wildman–Crippen LogP) is 5.13. The first-order valence-corrected chi connectivity index (χ1v) is 10.1. The van der Waals surface area contributed by atoms with Crippen molar-refractivity contribution in [3.05, 3.63) is 84.7 Å². The number of benzene rings is 2. The van der Waals surface area contributed by atoms with Gasteiger partial charge in [0.2, 0.25) is 0 Å². The summed E-state index contributed by atoms with van der Waals surface area (Å²) in [5.41, 5.74) is 2.42. The van der Waals surface area contributed by atoms with E-state index in [0.29, 0.717) is 26.0 Å². The molecule has 3 aromatic heterocycles. The Balaban J connectivity index is 1.61. The fourth-order valence-corrected chi connectivity index (χ4v) is 4.37. The molecule has 0 amide bonds. The number of para-hydroxylation sites is 2. The van der Waals surface area contributed by atoms with Crippen molar-refractivity contribution in [2.45, 2.75) is 0 Å². The second-order valence-corrected chi connectivity index (χ2v) is 8.24. The third-order valence-electron chi connectivity index (χ3n) is 4.25. The summed E-state index contributed by atoms with van der Waals surface area (Å²) >= 11 is 10.9. The van der Waals surface area contributed by atoms with Gasteiger partial charge in [-0.1, -0.05) is 41.1 Å². The van der Waals surface area contributed by atoms with Crippen LogP contribution in [0.4, 0.5) is 0 Å². The lowest BCUT2D eigenvalue weighted by molar-refractivity contribution is 0.571. The van der Waals surface area contributed by atoms with Crippen molar-refractivity contribution < 1.29 is 4.42 Å². The van der Waals surface area contributed by atoms with E-state index in [2.05, 4.69) is 20.9 Å². The van der Waals surface area contributed by atoms with E-state index in [0.717, 1.165) is 21.1 Å². The third kappa shape index (κ3) is 2.81. The van der Waals surface area contributed by atoms with Crippen LogP contribution in [0.15, 0.2) is 68.3 Å². The molecule has 0 N–H and O–H groups in total. The Hall–Kier alpha value is -2.41. The van der Waals surface area contributed by atoms with Gasteiger partial charge in [0.25, 0.3) is 5.56 Å². The molecule has 5 rings (SSSR count). The molecule has 0 radical (unpaired) electrons. The molecule has 0 aliphatic carbocycles. The zero-order valence-corrected chi connectivity index (χ0v) is 16.8. The standard InChI is InChI=1S/C20H10BrClN2O2S/c21-13-7-5-11(9-14(13)22)17-8-6-12(26-17)10-18-19(25)24-16-4-2-1-3-15(16)23-20(24)27-18/h1-10H. The monoisotopic (exact) mass is 456 g/mol. The van der Waals surface area contributed by atoms with Crippen molar-refractivity contribution in [2.75, 3.05) is 0 Å². The molecule has 7 heteroatoms. The highest BCUT2D eigenvalue weighted by Crippen LogP contribution is 2.30. The van der Waals surface area contributed by atoms with E-state index in [1.54, 1.807) is 10.5 Å². The molecule has 0 aliphatic heterocycles. The van der Waals surface area contributed by atoms with Crippen LogP contribution >= 0.6 is 38.9 Å². The number of thiazole rings is 1. The molecular formula is C20H10BrClN2O2S. The number of hydrogen-bond acceptors (Lipinski definition) is 4. The van der Waals surface area contributed by atoms with Crippen LogP contribution in [-0.2, 0) is 0 Å². The van der Waals surface area contributed by atoms with Gasteiger partial charge in [-0.3, -0.25) is 4.79 Å². The van der Waals surface area contributed by atoms with E-state index in [1.807, 2.05) is 54.6 Å². The molecule has 0 atom stereocenters. The normalized spacial score (nSPS) is 12.4. The molecule has 0 saturated heterocycles. The highest BCUT2D eigenvalue weighted by atomic mass is 79.9. The number of hydrogen-bond donors (Lipinski definition) is 0. The number of furan rings is 1. The smallest absolute Gasteiger partial charge is 0.275 e. The van der Waals surface area contributed by atoms with Gasteiger partial charge in [0.15, 0.2) is 4.96 Å². The van der Waals surface area contributed by atoms with Gasteiger partial charge < -0.3 is 4.42 Å². The Kier molecular flexibility index (Phi) is 3.93. The fourth-order valence-electron chi connectivity index (χ4n) is 2.98. The molecule has 0 spiro atoms. The second-order valence-electron chi connectivity index (χ2n) is 5.97. The van der Waals surface area contributed by atoms with Gasteiger partial charge in [0.05, 0.1) is 16.1 Å². The van der Waals surface area contributed by atoms with Crippen molar-refractivity contribution in [1.29, 1.82) is 0 Å². The van der Waals surface area contributed by atoms with E-state index in [9.17, 15) is 4.79 Å². The zero-order chi connectivity index (χ0) is 18.5. The van der Waals surface area contributed by atoms with E-state index in [1.165, 1.54) is 11.3 Å². The van der Waals surface area contributed by atoms with Gasteiger partial charge in [0, 0.05) is 16.1 Å². The van der Waals surface area contributed by atoms with Crippen LogP contribution in [-0.4, -0.2) is 9.38 Å². The number of rotatable bonds is 2. The average Bonchev–Trinajstić information content (AvgIpc) is 3.34. The number of imidazole rings is 1. The minimum Gasteiger partial charge on any atom is -0.457 e. The number of nitrogens with zero attached hydrogens (tertiary/aromatic N) is 2. The molecule has 0 saturated carbocycles. The van der Waals surface area contributed by atoms with Gasteiger partial charge in [-0.2, -0.15) is 0 Å². The molecule has 5 aromatic rings. The Bertz CT molecular complexity index is 1430. The molecule has 0 aliphatic rings. The summed E-state index contributed by atoms with van der Waals surface area (Å²) in [6, 6.07) is 16.9. The largest absolute Gasteiger partial charge is 0.457 e. The molecule has 0 unspecified atom stereocenters. The van der Waals surface area contributed by atoms with Crippen LogP contribution in [0.3, 0.4) is 0 Å². The summed E-state index contributed by atoms with van der Waals surface area (Å²) in [7, 11) is 0. The van der Waals surface area contributed by atoms with Crippen molar-refractivity contribution in [3.63, 3.8) is 0 Å². The summed E-state index contributed by atoms with van der Waals surface area (Å²) in [5, 5.41) is 0.614. The predicted molar refractivity (Wildman–Crippen MR) is 112 cm³/mol. The minimum atomic E-state index is -0.0895.